The van der Waals surface area contributed by atoms with Crippen LogP contribution in [-0.2, 0) is 4.79 Å². The molecule has 0 aliphatic rings. The van der Waals surface area contributed by atoms with Gasteiger partial charge in [0, 0.05) is 11.3 Å². The van der Waals surface area contributed by atoms with Gasteiger partial charge in [-0.1, -0.05) is 24.0 Å². The summed E-state index contributed by atoms with van der Waals surface area (Å²) in [7, 11) is 0. The Balaban J connectivity index is 1.56. The van der Waals surface area contributed by atoms with E-state index in [1.165, 1.54) is 12.3 Å². The van der Waals surface area contributed by atoms with E-state index in [1.807, 2.05) is 29.6 Å². The fraction of sp³-hybridized carbons (Fsp3) is 0.0526. The zero-order chi connectivity index (χ0) is 17.5. The Kier molecular flexibility index (Phi) is 5.29. The van der Waals surface area contributed by atoms with Gasteiger partial charge in [0.15, 0.2) is 5.76 Å². The summed E-state index contributed by atoms with van der Waals surface area (Å²) >= 11 is 1.57. The fourth-order valence-corrected chi connectivity index (χ4v) is 2.59. The number of hydrogen-bond donors (Lipinski definition) is 2. The van der Waals surface area contributed by atoms with Crippen LogP contribution in [0.2, 0.25) is 0 Å². The van der Waals surface area contributed by atoms with Crippen LogP contribution in [0.1, 0.15) is 21.0 Å². The fourth-order valence-electron chi connectivity index (χ4n) is 2.02. The first-order valence-corrected chi connectivity index (χ1v) is 8.36. The summed E-state index contributed by atoms with van der Waals surface area (Å²) in [5.74, 6) is 5.52. The molecule has 0 bridgehead atoms. The van der Waals surface area contributed by atoms with E-state index in [-0.39, 0.29) is 18.2 Å². The molecule has 0 aliphatic carbocycles. The van der Waals surface area contributed by atoms with Crippen molar-refractivity contribution in [3.8, 4) is 11.8 Å². The van der Waals surface area contributed by atoms with Gasteiger partial charge in [-0.25, -0.2) is 0 Å². The number of benzene rings is 1. The smallest absolute Gasteiger partial charge is 0.287 e. The molecule has 2 amide bonds. The van der Waals surface area contributed by atoms with Crippen molar-refractivity contribution in [1.82, 2.24) is 5.32 Å². The van der Waals surface area contributed by atoms with Gasteiger partial charge in [-0.2, -0.15) is 0 Å². The summed E-state index contributed by atoms with van der Waals surface area (Å²) in [6.07, 6.45) is 1.40. The van der Waals surface area contributed by atoms with E-state index in [1.54, 1.807) is 29.5 Å². The minimum Gasteiger partial charge on any atom is -0.459 e. The van der Waals surface area contributed by atoms with Crippen LogP contribution < -0.4 is 10.6 Å². The van der Waals surface area contributed by atoms with Gasteiger partial charge in [0.1, 0.15) is 0 Å². The molecule has 5 nitrogen and oxygen atoms in total. The Morgan fingerprint density at radius 1 is 1.08 bits per heavy atom. The van der Waals surface area contributed by atoms with Crippen molar-refractivity contribution >= 4 is 28.8 Å². The zero-order valence-electron chi connectivity index (χ0n) is 13.1. The van der Waals surface area contributed by atoms with Crippen LogP contribution in [0.5, 0.6) is 0 Å². The molecule has 0 unspecified atom stereocenters. The molecule has 2 N–H and O–H groups in total. The van der Waals surface area contributed by atoms with Gasteiger partial charge in [-0.3, -0.25) is 9.59 Å². The topological polar surface area (TPSA) is 71.3 Å². The lowest BCUT2D eigenvalue weighted by Crippen LogP contribution is -2.32. The summed E-state index contributed by atoms with van der Waals surface area (Å²) in [6.45, 7) is -0.148. The summed E-state index contributed by atoms with van der Waals surface area (Å²) in [5.41, 5.74) is 1.42. The van der Waals surface area contributed by atoms with Gasteiger partial charge >= 0.3 is 0 Å². The van der Waals surface area contributed by atoms with E-state index in [9.17, 15) is 9.59 Å². The second kappa shape index (κ2) is 7.99. The van der Waals surface area contributed by atoms with Crippen LogP contribution in [0, 0.1) is 11.8 Å². The number of rotatable bonds is 4. The lowest BCUT2D eigenvalue weighted by Gasteiger charge is -2.06. The molecule has 3 rings (SSSR count). The molecule has 0 atom stereocenters. The lowest BCUT2D eigenvalue weighted by molar-refractivity contribution is -0.115. The van der Waals surface area contributed by atoms with Crippen LogP contribution in [-0.4, -0.2) is 18.4 Å². The molecule has 2 aromatic heterocycles. The third kappa shape index (κ3) is 4.83. The molecule has 0 radical (unpaired) electrons. The molecule has 3 aromatic rings. The predicted molar refractivity (Wildman–Crippen MR) is 96.4 cm³/mol. The van der Waals surface area contributed by atoms with E-state index < -0.39 is 5.91 Å². The first-order chi connectivity index (χ1) is 12.2. The molecule has 0 aliphatic heterocycles. The van der Waals surface area contributed by atoms with Crippen molar-refractivity contribution in [2.45, 2.75) is 0 Å². The summed E-state index contributed by atoms with van der Waals surface area (Å²) in [6, 6.07) is 14.3. The monoisotopic (exact) mass is 350 g/mol. The number of hydrogen-bond acceptors (Lipinski definition) is 4. The van der Waals surface area contributed by atoms with Gasteiger partial charge in [0.05, 0.1) is 17.7 Å². The molecule has 6 heteroatoms. The molecule has 0 saturated carbocycles. The molecule has 2 heterocycles. The molecule has 1 aromatic carbocycles. The standard InChI is InChI=1S/C19H14N2O3S/c22-18(13-20-19(23)17-7-2-10-24-17)21-15-5-1-4-14(12-15)8-9-16-6-3-11-25-16/h1-7,10-12H,13H2,(H,20,23)(H,21,22). The van der Waals surface area contributed by atoms with Crippen LogP contribution >= 0.6 is 11.3 Å². The second-order valence-electron chi connectivity index (χ2n) is 5.02. The van der Waals surface area contributed by atoms with Crippen LogP contribution in [0.4, 0.5) is 5.69 Å². The van der Waals surface area contributed by atoms with Crippen molar-refractivity contribution in [2.75, 3.05) is 11.9 Å². The number of carbonyl (C=O) groups is 2. The van der Waals surface area contributed by atoms with Gasteiger partial charge < -0.3 is 15.1 Å². The maximum atomic E-state index is 12.0. The van der Waals surface area contributed by atoms with E-state index in [4.69, 9.17) is 4.42 Å². The first-order valence-electron chi connectivity index (χ1n) is 7.48. The van der Waals surface area contributed by atoms with Crippen molar-refractivity contribution in [1.29, 1.82) is 0 Å². The van der Waals surface area contributed by atoms with Gasteiger partial charge in [0.2, 0.25) is 5.91 Å². The quantitative estimate of drug-likeness (QED) is 0.710. The van der Waals surface area contributed by atoms with Crippen molar-refractivity contribution in [2.24, 2.45) is 0 Å². The van der Waals surface area contributed by atoms with Crippen molar-refractivity contribution in [3.63, 3.8) is 0 Å². The predicted octanol–water partition coefficient (Wildman–Crippen LogP) is 3.11. The van der Waals surface area contributed by atoms with E-state index in [0.717, 1.165) is 10.4 Å². The van der Waals surface area contributed by atoms with Gasteiger partial charge in [-0.15, -0.1) is 11.3 Å². The summed E-state index contributed by atoms with van der Waals surface area (Å²) in [4.78, 5) is 24.6. The Hall–Kier alpha value is -3.30. The Labute approximate surface area is 148 Å². The Morgan fingerprint density at radius 3 is 2.76 bits per heavy atom. The number of carbonyl (C=O) groups excluding carboxylic acids is 2. The molecular formula is C19H14N2O3S. The highest BCUT2D eigenvalue weighted by Gasteiger charge is 2.10. The molecule has 0 saturated heterocycles. The highest BCUT2D eigenvalue weighted by atomic mass is 32.1. The molecule has 25 heavy (non-hydrogen) atoms. The third-order valence-electron chi connectivity index (χ3n) is 3.15. The summed E-state index contributed by atoms with van der Waals surface area (Å²) < 4.78 is 4.96. The number of anilines is 1. The highest BCUT2D eigenvalue weighted by molar-refractivity contribution is 7.10. The number of thiophene rings is 1. The lowest BCUT2D eigenvalue weighted by atomic mass is 10.2. The average Bonchev–Trinajstić information content (AvgIpc) is 3.31. The van der Waals surface area contributed by atoms with E-state index >= 15 is 0 Å². The zero-order valence-corrected chi connectivity index (χ0v) is 13.9. The van der Waals surface area contributed by atoms with Gasteiger partial charge in [0.25, 0.3) is 5.91 Å². The van der Waals surface area contributed by atoms with Crippen molar-refractivity contribution < 1.29 is 14.0 Å². The normalized spacial score (nSPS) is 9.76. The highest BCUT2D eigenvalue weighted by Crippen LogP contribution is 2.11. The maximum Gasteiger partial charge on any atom is 0.287 e. The Morgan fingerprint density at radius 2 is 2.00 bits per heavy atom. The van der Waals surface area contributed by atoms with Crippen LogP contribution in [0.15, 0.2) is 64.6 Å². The SMILES string of the molecule is O=C(CNC(=O)c1ccco1)Nc1cccc(C#Cc2cccs2)c1. The number of amides is 2. The van der Waals surface area contributed by atoms with E-state index in [0.29, 0.717) is 5.69 Å². The largest absolute Gasteiger partial charge is 0.459 e. The van der Waals surface area contributed by atoms with Gasteiger partial charge in [-0.05, 0) is 41.8 Å². The first kappa shape index (κ1) is 16.6. The minimum atomic E-state index is -0.435. The molecular weight excluding hydrogens is 336 g/mol. The third-order valence-corrected chi connectivity index (χ3v) is 3.94. The maximum absolute atomic E-state index is 12.0. The van der Waals surface area contributed by atoms with Crippen LogP contribution in [0.3, 0.4) is 0 Å². The Bertz CT molecular complexity index is 919. The van der Waals surface area contributed by atoms with Crippen LogP contribution in [0.25, 0.3) is 0 Å². The minimum absolute atomic E-state index is 0.148. The number of furan rings is 1. The van der Waals surface area contributed by atoms with Crippen molar-refractivity contribution in [3.05, 3.63) is 76.4 Å². The molecule has 0 spiro atoms. The molecule has 124 valence electrons. The second-order valence-corrected chi connectivity index (χ2v) is 5.96. The number of nitrogens with one attached hydrogen (secondary N) is 2. The average molecular weight is 350 g/mol. The molecule has 0 fully saturated rings. The summed E-state index contributed by atoms with van der Waals surface area (Å²) in [5, 5.41) is 7.19. The van der Waals surface area contributed by atoms with E-state index in [2.05, 4.69) is 22.5 Å².